The van der Waals surface area contributed by atoms with E-state index in [9.17, 15) is 14.4 Å². The Kier molecular flexibility index (Phi) is 7.11. The summed E-state index contributed by atoms with van der Waals surface area (Å²) in [5.41, 5.74) is 1.01. The number of nitrogens with zero attached hydrogens (tertiary/aromatic N) is 1. The van der Waals surface area contributed by atoms with Crippen molar-refractivity contribution in [2.75, 3.05) is 6.54 Å². The number of ether oxygens (including phenoxy) is 2. The molecule has 174 valence electrons. The van der Waals surface area contributed by atoms with Gasteiger partial charge in [0.25, 0.3) is 11.8 Å². The van der Waals surface area contributed by atoms with Gasteiger partial charge < -0.3 is 14.3 Å². The number of aldehydes is 1. The van der Waals surface area contributed by atoms with E-state index in [0.29, 0.717) is 23.6 Å². The van der Waals surface area contributed by atoms with Gasteiger partial charge in [0.1, 0.15) is 6.29 Å². The zero-order valence-electron chi connectivity index (χ0n) is 19.3. The van der Waals surface area contributed by atoms with E-state index in [2.05, 4.69) is 6.92 Å². The highest BCUT2D eigenvalue weighted by Gasteiger charge is 2.44. The molecule has 2 amide bonds. The van der Waals surface area contributed by atoms with E-state index >= 15 is 0 Å². The van der Waals surface area contributed by atoms with E-state index in [1.807, 2.05) is 6.92 Å². The molecular formula is C26H35NO5. The lowest BCUT2D eigenvalue weighted by molar-refractivity contribution is -0.324. The highest BCUT2D eigenvalue weighted by atomic mass is 16.7. The fourth-order valence-corrected chi connectivity index (χ4v) is 5.33. The van der Waals surface area contributed by atoms with Crippen LogP contribution in [0.1, 0.15) is 92.4 Å². The summed E-state index contributed by atoms with van der Waals surface area (Å²) in [4.78, 5) is 37.5. The second-order valence-corrected chi connectivity index (χ2v) is 9.86. The van der Waals surface area contributed by atoms with Crippen molar-refractivity contribution in [1.29, 1.82) is 0 Å². The molecule has 6 heteroatoms. The van der Waals surface area contributed by atoms with E-state index in [0.717, 1.165) is 64.1 Å². The van der Waals surface area contributed by atoms with Gasteiger partial charge in [-0.1, -0.05) is 26.0 Å². The molecule has 2 saturated heterocycles. The van der Waals surface area contributed by atoms with Gasteiger partial charge in [0.15, 0.2) is 5.79 Å². The van der Waals surface area contributed by atoms with Crippen LogP contribution in [0, 0.1) is 11.8 Å². The van der Waals surface area contributed by atoms with Crippen molar-refractivity contribution in [3.05, 3.63) is 35.4 Å². The van der Waals surface area contributed by atoms with Crippen molar-refractivity contribution < 1.29 is 23.9 Å². The summed E-state index contributed by atoms with van der Waals surface area (Å²) in [6.07, 6.45) is 9.46. The standard InChI is InChI=1S/C26H35NO5/c1-18(17-28)11-12-20-7-5-14-26(31-20)15-13-19(2)23(32-26)10-6-16-27-24(29)21-8-3-4-9-22(21)25(27)30/h3-4,8-9,17-20,23H,5-7,10-16H2,1-2H3/t18-,19-,20-,23+,26-/m0/s1. The number of hydrogen-bond donors (Lipinski definition) is 0. The molecule has 0 N–H and O–H groups in total. The first-order valence-corrected chi connectivity index (χ1v) is 12.2. The first kappa shape index (κ1) is 23.1. The molecule has 3 aliphatic heterocycles. The van der Waals surface area contributed by atoms with Crippen LogP contribution in [-0.2, 0) is 14.3 Å². The molecule has 0 saturated carbocycles. The molecule has 0 bridgehead atoms. The van der Waals surface area contributed by atoms with Crippen LogP contribution in [0.15, 0.2) is 24.3 Å². The molecular weight excluding hydrogens is 406 g/mol. The Morgan fingerprint density at radius 1 is 1.09 bits per heavy atom. The number of fused-ring (bicyclic) bond motifs is 1. The third kappa shape index (κ3) is 4.81. The largest absolute Gasteiger partial charge is 0.347 e. The lowest BCUT2D eigenvalue weighted by atomic mass is 9.85. The molecule has 0 aliphatic carbocycles. The molecule has 0 radical (unpaired) electrons. The van der Waals surface area contributed by atoms with Gasteiger partial charge in [-0.3, -0.25) is 14.5 Å². The van der Waals surface area contributed by atoms with Crippen LogP contribution >= 0.6 is 0 Å². The second-order valence-electron chi connectivity index (χ2n) is 9.86. The SMILES string of the molecule is C[C@H](C=O)CC[C@@H]1CCC[C@]2(CC[C@H](C)[C@@H](CCCN3C(=O)c4ccccc4C3=O)O2)O1. The number of hydrogen-bond acceptors (Lipinski definition) is 5. The molecule has 2 fully saturated rings. The zero-order valence-corrected chi connectivity index (χ0v) is 19.3. The van der Waals surface area contributed by atoms with E-state index in [1.165, 1.54) is 4.90 Å². The zero-order chi connectivity index (χ0) is 22.7. The van der Waals surface area contributed by atoms with Crippen molar-refractivity contribution in [3.63, 3.8) is 0 Å². The van der Waals surface area contributed by atoms with Gasteiger partial charge in [0.2, 0.25) is 0 Å². The van der Waals surface area contributed by atoms with Crippen LogP contribution in [-0.4, -0.2) is 47.5 Å². The first-order chi connectivity index (χ1) is 15.4. The summed E-state index contributed by atoms with van der Waals surface area (Å²) in [7, 11) is 0. The van der Waals surface area contributed by atoms with Crippen LogP contribution < -0.4 is 0 Å². The molecule has 32 heavy (non-hydrogen) atoms. The predicted octanol–water partition coefficient (Wildman–Crippen LogP) is 4.76. The van der Waals surface area contributed by atoms with Gasteiger partial charge in [-0.15, -0.1) is 0 Å². The summed E-state index contributed by atoms with van der Waals surface area (Å²) in [5.74, 6) is -0.411. The second kappa shape index (κ2) is 9.84. The van der Waals surface area contributed by atoms with Gasteiger partial charge in [-0.05, 0) is 63.0 Å². The third-order valence-corrected chi connectivity index (χ3v) is 7.37. The summed E-state index contributed by atoms with van der Waals surface area (Å²) in [6.45, 7) is 4.58. The lowest BCUT2D eigenvalue weighted by Crippen LogP contribution is -2.50. The minimum atomic E-state index is -0.514. The molecule has 3 heterocycles. The van der Waals surface area contributed by atoms with Crippen molar-refractivity contribution in [2.45, 2.75) is 89.6 Å². The van der Waals surface area contributed by atoms with Gasteiger partial charge in [0, 0.05) is 25.3 Å². The smallest absolute Gasteiger partial charge is 0.261 e. The monoisotopic (exact) mass is 441 g/mol. The molecule has 1 aromatic rings. The Morgan fingerprint density at radius 2 is 1.81 bits per heavy atom. The van der Waals surface area contributed by atoms with Crippen molar-refractivity contribution in [1.82, 2.24) is 4.90 Å². The van der Waals surface area contributed by atoms with Crippen LogP contribution in [0.3, 0.4) is 0 Å². The van der Waals surface area contributed by atoms with Crippen LogP contribution in [0.4, 0.5) is 0 Å². The van der Waals surface area contributed by atoms with Crippen LogP contribution in [0.2, 0.25) is 0 Å². The molecule has 0 unspecified atom stereocenters. The molecule has 1 spiro atoms. The lowest BCUT2D eigenvalue weighted by Gasteiger charge is -2.48. The Bertz CT molecular complexity index is 819. The highest BCUT2D eigenvalue weighted by molar-refractivity contribution is 6.21. The van der Waals surface area contributed by atoms with E-state index < -0.39 is 5.79 Å². The maximum absolute atomic E-state index is 12.6. The molecule has 1 aromatic carbocycles. The minimum Gasteiger partial charge on any atom is -0.347 e. The normalized spacial score (nSPS) is 31.1. The quantitative estimate of drug-likeness (QED) is 0.430. The number of amides is 2. The molecule has 0 aromatic heterocycles. The maximum atomic E-state index is 12.6. The summed E-state index contributed by atoms with van der Waals surface area (Å²) >= 11 is 0. The molecule has 3 aliphatic rings. The fourth-order valence-electron chi connectivity index (χ4n) is 5.33. The van der Waals surface area contributed by atoms with Crippen LogP contribution in [0.5, 0.6) is 0 Å². The van der Waals surface area contributed by atoms with Gasteiger partial charge in [-0.2, -0.15) is 0 Å². The predicted molar refractivity (Wildman–Crippen MR) is 120 cm³/mol. The number of rotatable bonds is 8. The van der Waals surface area contributed by atoms with Crippen molar-refractivity contribution in [3.8, 4) is 0 Å². The van der Waals surface area contributed by atoms with Gasteiger partial charge in [0.05, 0.1) is 23.3 Å². The van der Waals surface area contributed by atoms with Gasteiger partial charge in [-0.25, -0.2) is 0 Å². The third-order valence-electron chi connectivity index (χ3n) is 7.37. The molecule has 5 atom stereocenters. The number of imide groups is 1. The van der Waals surface area contributed by atoms with E-state index in [-0.39, 0.29) is 29.9 Å². The van der Waals surface area contributed by atoms with E-state index in [1.54, 1.807) is 24.3 Å². The maximum Gasteiger partial charge on any atom is 0.261 e. The Balaban J connectivity index is 1.31. The van der Waals surface area contributed by atoms with E-state index in [4.69, 9.17) is 9.47 Å². The summed E-state index contributed by atoms with van der Waals surface area (Å²) < 4.78 is 13.1. The number of carbonyl (C=O) groups excluding carboxylic acids is 3. The van der Waals surface area contributed by atoms with Crippen LogP contribution in [0.25, 0.3) is 0 Å². The first-order valence-electron chi connectivity index (χ1n) is 12.2. The van der Waals surface area contributed by atoms with Gasteiger partial charge >= 0.3 is 0 Å². The van der Waals surface area contributed by atoms with Crippen molar-refractivity contribution in [2.24, 2.45) is 11.8 Å². The average Bonchev–Trinajstić information content (AvgIpc) is 3.05. The molecule has 6 nitrogen and oxygen atoms in total. The topological polar surface area (TPSA) is 72.9 Å². The number of benzene rings is 1. The Hall–Kier alpha value is -2.05. The average molecular weight is 442 g/mol. The summed E-state index contributed by atoms with van der Waals surface area (Å²) in [6, 6.07) is 7.03. The van der Waals surface area contributed by atoms with Crippen molar-refractivity contribution >= 4 is 18.1 Å². The number of carbonyl (C=O) groups is 3. The summed E-state index contributed by atoms with van der Waals surface area (Å²) in [5, 5.41) is 0. The highest BCUT2D eigenvalue weighted by Crippen LogP contribution is 2.43. The minimum absolute atomic E-state index is 0.0616. The Labute approximate surface area is 190 Å². The molecule has 4 rings (SSSR count). The Morgan fingerprint density at radius 3 is 2.50 bits per heavy atom. The fraction of sp³-hybridized carbons (Fsp3) is 0.654.